The molecule has 94 valence electrons. The van der Waals surface area contributed by atoms with Gasteiger partial charge in [0.05, 0.1) is 6.54 Å². The summed E-state index contributed by atoms with van der Waals surface area (Å²) in [6.07, 6.45) is 0. The second-order valence-corrected chi connectivity index (χ2v) is 3.84. The van der Waals surface area contributed by atoms with Gasteiger partial charge in [-0.25, -0.2) is 0 Å². The molecule has 1 unspecified atom stereocenters. The number of hydrogen-bond donors (Lipinski definition) is 2. The van der Waals surface area contributed by atoms with Crippen LogP contribution in [-0.2, 0) is 4.79 Å². The number of hydrogen-bond acceptors (Lipinski definition) is 6. The lowest BCUT2D eigenvalue weighted by molar-refractivity contribution is -0.121. The molecule has 1 aromatic rings. The normalized spacial score (nSPS) is 20.1. The van der Waals surface area contributed by atoms with Gasteiger partial charge in [0.15, 0.2) is 0 Å². The van der Waals surface area contributed by atoms with Gasteiger partial charge in [0.1, 0.15) is 6.04 Å². The van der Waals surface area contributed by atoms with Crippen molar-refractivity contribution in [3.05, 3.63) is 5.89 Å². The lowest BCUT2D eigenvalue weighted by atomic mass is 10.2. The molecule has 1 atom stereocenters. The number of rotatable bonds is 4. The Morgan fingerprint density at radius 1 is 1.47 bits per heavy atom. The number of aromatic nitrogens is 2. The summed E-state index contributed by atoms with van der Waals surface area (Å²) < 4.78 is 5.21. The first kappa shape index (κ1) is 11.8. The van der Waals surface area contributed by atoms with Crippen LogP contribution in [0.3, 0.4) is 0 Å². The van der Waals surface area contributed by atoms with Crippen molar-refractivity contribution in [1.29, 1.82) is 0 Å². The quantitative estimate of drug-likeness (QED) is 0.749. The second-order valence-electron chi connectivity index (χ2n) is 3.84. The molecule has 1 aliphatic rings. The molecule has 1 fully saturated rings. The van der Waals surface area contributed by atoms with Crippen LogP contribution in [0.2, 0.25) is 0 Å². The van der Waals surface area contributed by atoms with Crippen LogP contribution >= 0.6 is 0 Å². The molecule has 1 saturated heterocycles. The Bertz CT molecular complexity index is 378. The maximum atomic E-state index is 11.0. The Morgan fingerprint density at radius 2 is 2.24 bits per heavy atom. The molecule has 0 aromatic carbocycles. The molecular weight excluding hydrogens is 222 g/mol. The van der Waals surface area contributed by atoms with Crippen molar-refractivity contribution in [2.24, 2.45) is 0 Å². The first-order chi connectivity index (χ1) is 8.24. The van der Waals surface area contributed by atoms with Crippen LogP contribution in [0.15, 0.2) is 4.52 Å². The maximum Gasteiger partial charge on any atom is 0.266 e. The van der Waals surface area contributed by atoms with Crippen LogP contribution in [0.5, 0.6) is 0 Å². The number of nitrogens with zero attached hydrogens (tertiary/aromatic N) is 3. The van der Waals surface area contributed by atoms with E-state index in [0.29, 0.717) is 18.4 Å². The van der Waals surface area contributed by atoms with E-state index in [1.165, 1.54) is 0 Å². The average Bonchev–Trinajstić information content (AvgIpc) is 2.81. The van der Waals surface area contributed by atoms with E-state index in [9.17, 15) is 4.79 Å². The molecule has 1 amide bonds. The van der Waals surface area contributed by atoms with Crippen LogP contribution in [0, 0.1) is 0 Å². The minimum absolute atomic E-state index is 0.00951. The van der Waals surface area contributed by atoms with Crippen LogP contribution in [0.4, 0.5) is 5.95 Å². The van der Waals surface area contributed by atoms with Gasteiger partial charge in [0.2, 0.25) is 11.8 Å². The first-order valence-electron chi connectivity index (χ1n) is 5.83. The van der Waals surface area contributed by atoms with Gasteiger partial charge in [-0.3, -0.25) is 10.1 Å². The molecule has 0 saturated carbocycles. The minimum atomic E-state index is -0.0930. The highest BCUT2D eigenvalue weighted by atomic mass is 16.5. The van der Waals surface area contributed by atoms with Crippen molar-refractivity contribution >= 4 is 11.9 Å². The highest BCUT2D eigenvalue weighted by Gasteiger charge is 2.24. The lowest BCUT2D eigenvalue weighted by Gasteiger charge is -2.20. The van der Waals surface area contributed by atoms with Crippen molar-refractivity contribution in [3.8, 4) is 0 Å². The fraction of sp³-hybridized carbons (Fsp3) is 0.700. The van der Waals surface area contributed by atoms with Gasteiger partial charge in [-0.15, -0.1) is 0 Å². The van der Waals surface area contributed by atoms with Crippen LogP contribution < -0.4 is 15.5 Å². The van der Waals surface area contributed by atoms with E-state index >= 15 is 0 Å². The molecule has 0 radical (unpaired) electrons. The minimum Gasteiger partial charge on any atom is -0.353 e. The summed E-state index contributed by atoms with van der Waals surface area (Å²) in [5.74, 6) is 1.11. The number of anilines is 1. The summed E-state index contributed by atoms with van der Waals surface area (Å²) >= 11 is 0. The van der Waals surface area contributed by atoms with Gasteiger partial charge < -0.3 is 14.7 Å². The van der Waals surface area contributed by atoms with Gasteiger partial charge in [-0.05, 0) is 19.0 Å². The molecule has 2 rings (SSSR count). The van der Waals surface area contributed by atoms with E-state index in [1.807, 2.05) is 18.7 Å². The molecule has 0 bridgehead atoms. The molecule has 1 aliphatic heterocycles. The summed E-state index contributed by atoms with van der Waals surface area (Å²) in [5.41, 5.74) is 0. The Morgan fingerprint density at radius 3 is 2.82 bits per heavy atom. The molecule has 17 heavy (non-hydrogen) atoms. The summed E-state index contributed by atoms with van der Waals surface area (Å²) in [6, 6.07) is -0.0930. The number of amides is 1. The summed E-state index contributed by atoms with van der Waals surface area (Å²) in [6.45, 7) is 6.53. The summed E-state index contributed by atoms with van der Waals surface area (Å²) in [5, 5.41) is 9.74. The van der Waals surface area contributed by atoms with E-state index in [-0.39, 0.29) is 18.5 Å². The largest absolute Gasteiger partial charge is 0.353 e. The van der Waals surface area contributed by atoms with Crippen LogP contribution in [-0.4, -0.2) is 42.2 Å². The van der Waals surface area contributed by atoms with E-state index < -0.39 is 0 Å². The molecule has 2 heterocycles. The molecule has 0 aliphatic carbocycles. The van der Waals surface area contributed by atoms with Gasteiger partial charge in [0.25, 0.3) is 5.95 Å². The number of carbonyl (C=O) groups is 1. The van der Waals surface area contributed by atoms with E-state index in [4.69, 9.17) is 4.52 Å². The van der Waals surface area contributed by atoms with Gasteiger partial charge in [-0.2, -0.15) is 4.98 Å². The highest BCUT2D eigenvalue weighted by Crippen LogP contribution is 2.15. The molecule has 1 aromatic heterocycles. The van der Waals surface area contributed by atoms with Crippen molar-refractivity contribution in [3.63, 3.8) is 0 Å². The van der Waals surface area contributed by atoms with Crippen molar-refractivity contribution in [2.75, 3.05) is 31.1 Å². The van der Waals surface area contributed by atoms with Crippen molar-refractivity contribution < 1.29 is 9.32 Å². The van der Waals surface area contributed by atoms with Crippen molar-refractivity contribution in [1.82, 2.24) is 20.8 Å². The van der Waals surface area contributed by atoms with Gasteiger partial charge >= 0.3 is 0 Å². The monoisotopic (exact) mass is 239 g/mol. The third-order valence-corrected chi connectivity index (χ3v) is 2.79. The van der Waals surface area contributed by atoms with Crippen LogP contribution in [0.25, 0.3) is 0 Å². The zero-order valence-electron chi connectivity index (χ0n) is 10.1. The average molecular weight is 239 g/mol. The Balaban J connectivity index is 2.05. The molecule has 7 nitrogen and oxygen atoms in total. The lowest BCUT2D eigenvalue weighted by Crippen LogP contribution is -2.47. The summed E-state index contributed by atoms with van der Waals surface area (Å²) in [7, 11) is 0. The smallest absolute Gasteiger partial charge is 0.266 e. The number of carbonyl (C=O) groups excluding carboxylic acids is 1. The topological polar surface area (TPSA) is 83.3 Å². The fourth-order valence-electron chi connectivity index (χ4n) is 1.74. The molecule has 2 N–H and O–H groups in total. The third kappa shape index (κ3) is 2.55. The Kier molecular flexibility index (Phi) is 3.58. The highest BCUT2D eigenvalue weighted by molar-refractivity contribution is 5.78. The summed E-state index contributed by atoms with van der Waals surface area (Å²) in [4.78, 5) is 17.3. The SMILES string of the molecule is CCN(CC)c1noc(C2CNC(=O)CN2)n1. The molecular formula is C10H17N5O2. The van der Waals surface area contributed by atoms with E-state index in [2.05, 4.69) is 20.8 Å². The standard InChI is InChI=1S/C10H17N5O2/c1-3-15(4-2)10-13-9(17-14-10)7-5-12-8(16)6-11-7/h7,11H,3-6H2,1-2H3,(H,12,16). The van der Waals surface area contributed by atoms with E-state index in [1.54, 1.807) is 0 Å². The number of nitrogens with one attached hydrogen (secondary N) is 2. The first-order valence-corrected chi connectivity index (χ1v) is 5.83. The molecule has 0 spiro atoms. The predicted octanol–water partition coefficient (Wildman–Crippen LogP) is -0.324. The number of piperazine rings is 1. The van der Waals surface area contributed by atoms with Crippen molar-refractivity contribution in [2.45, 2.75) is 19.9 Å². The van der Waals surface area contributed by atoms with Gasteiger partial charge in [0, 0.05) is 19.6 Å². The predicted molar refractivity (Wildman–Crippen MR) is 61.6 cm³/mol. The zero-order chi connectivity index (χ0) is 12.3. The Hall–Kier alpha value is -1.63. The molecule has 7 heteroatoms. The second kappa shape index (κ2) is 5.13. The third-order valence-electron chi connectivity index (χ3n) is 2.79. The fourth-order valence-corrected chi connectivity index (χ4v) is 1.74. The van der Waals surface area contributed by atoms with E-state index in [0.717, 1.165) is 13.1 Å². The van der Waals surface area contributed by atoms with Gasteiger partial charge in [-0.1, -0.05) is 0 Å². The van der Waals surface area contributed by atoms with Crippen LogP contribution in [0.1, 0.15) is 25.8 Å². The maximum absolute atomic E-state index is 11.0. The Labute approximate surface area is 99.6 Å². The zero-order valence-corrected chi connectivity index (χ0v) is 10.1.